The Hall–Kier alpha value is -1.93. The molecule has 0 saturated carbocycles. The minimum atomic E-state index is -3.12. The number of fused-ring (bicyclic) bond motifs is 1. The van der Waals surface area contributed by atoms with E-state index in [1.807, 2.05) is 0 Å². The van der Waals surface area contributed by atoms with Gasteiger partial charge in [0, 0.05) is 37.4 Å². The maximum absolute atomic E-state index is 12.9. The van der Waals surface area contributed by atoms with Crippen LogP contribution in [0.5, 0.6) is 0 Å². The van der Waals surface area contributed by atoms with Crippen LogP contribution in [-0.2, 0) is 29.9 Å². The molecule has 2 saturated heterocycles. The van der Waals surface area contributed by atoms with Crippen LogP contribution in [0.15, 0.2) is 24.3 Å². The molecule has 142 valence electrons. The van der Waals surface area contributed by atoms with Crippen molar-refractivity contribution in [1.82, 2.24) is 4.90 Å². The number of carbonyl (C=O) groups excluding carboxylic acids is 2. The highest BCUT2D eigenvalue weighted by Crippen LogP contribution is 2.43. The maximum Gasteiger partial charge on any atom is 0.314 e. The van der Waals surface area contributed by atoms with Crippen LogP contribution in [0.1, 0.15) is 22.3 Å². The lowest BCUT2D eigenvalue weighted by atomic mass is 9.74. The predicted molar refractivity (Wildman–Crippen MR) is 94.3 cm³/mol. The zero-order valence-corrected chi connectivity index (χ0v) is 15.8. The number of likely N-dealkylation sites (tertiary alicyclic amines) is 1. The van der Waals surface area contributed by atoms with Gasteiger partial charge in [0.25, 0.3) is 5.91 Å². The molecule has 7 nitrogen and oxygen atoms in total. The molecule has 3 rings (SSSR count). The molecule has 1 aromatic rings. The Labute approximate surface area is 153 Å². The van der Waals surface area contributed by atoms with Gasteiger partial charge in [0.2, 0.25) is 0 Å². The molecule has 0 spiro atoms. The SMILES string of the molecule is COC(=O)[C@@]12CCOC[C@@H]1CN(C(=O)c1ccc(CS(C)(=O)=O)cc1)C2. The summed E-state index contributed by atoms with van der Waals surface area (Å²) >= 11 is 0. The Morgan fingerprint density at radius 2 is 2.00 bits per heavy atom. The van der Waals surface area contributed by atoms with Crippen LogP contribution >= 0.6 is 0 Å². The number of nitrogens with zero attached hydrogens (tertiary/aromatic N) is 1. The second-order valence-electron chi connectivity index (χ2n) is 7.12. The highest BCUT2D eigenvalue weighted by Gasteiger charge is 2.55. The minimum absolute atomic E-state index is 0.0595. The lowest BCUT2D eigenvalue weighted by Gasteiger charge is -2.35. The first kappa shape index (κ1) is 18.8. The topological polar surface area (TPSA) is 90.0 Å². The van der Waals surface area contributed by atoms with Crippen molar-refractivity contribution < 1.29 is 27.5 Å². The van der Waals surface area contributed by atoms with Crippen molar-refractivity contribution in [3.63, 3.8) is 0 Å². The van der Waals surface area contributed by atoms with Crippen molar-refractivity contribution in [2.75, 3.05) is 39.7 Å². The summed E-state index contributed by atoms with van der Waals surface area (Å²) in [7, 11) is -1.75. The van der Waals surface area contributed by atoms with E-state index < -0.39 is 15.3 Å². The van der Waals surface area contributed by atoms with Gasteiger partial charge >= 0.3 is 5.97 Å². The van der Waals surface area contributed by atoms with E-state index in [-0.39, 0.29) is 23.5 Å². The number of esters is 1. The van der Waals surface area contributed by atoms with Crippen LogP contribution in [0.25, 0.3) is 0 Å². The van der Waals surface area contributed by atoms with Gasteiger partial charge in [-0.3, -0.25) is 9.59 Å². The third-order valence-corrected chi connectivity index (χ3v) is 6.07. The molecule has 0 aliphatic carbocycles. The van der Waals surface area contributed by atoms with Gasteiger partial charge in [0.15, 0.2) is 9.84 Å². The van der Waals surface area contributed by atoms with Crippen molar-refractivity contribution in [3.8, 4) is 0 Å². The summed E-state index contributed by atoms with van der Waals surface area (Å²) in [6, 6.07) is 6.56. The third kappa shape index (κ3) is 3.61. The zero-order valence-electron chi connectivity index (χ0n) is 14.9. The van der Waals surface area contributed by atoms with E-state index in [0.29, 0.717) is 43.9 Å². The largest absolute Gasteiger partial charge is 0.469 e. The Morgan fingerprint density at radius 1 is 1.31 bits per heavy atom. The van der Waals surface area contributed by atoms with E-state index in [9.17, 15) is 18.0 Å². The molecular weight excluding hydrogens is 358 g/mol. The van der Waals surface area contributed by atoms with Crippen LogP contribution in [0.2, 0.25) is 0 Å². The summed E-state index contributed by atoms with van der Waals surface area (Å²) in [5.74, 6) is -0.592. The fourth-order valence-corrected chi connectivity index (χ4v) is 4.67. The predicted octanol–water partition coefficient (Wildman–Crippen LogP) is 0.883. The smallest absolute Gasteiger partial charge is 0.314 e. The normalized spacial score (nSPS) is 25.6. The maximum atomic E-state index is 12.9. The van der Waals surface area contributed by atoms with Gasteiger partial charge in [0.1, 0.15) is 0 Å². The van der Waals surface area contributed by atoms with Crippen molar-refractivity contribution >= 4 is 21.7 Å². The van der Waals surface area contributed by atoms with Crippen LogP contribution in [0.4, 0.5) is 0 Å². The molecule has 0 bridgehead atoms. The first-order valence-corrected chi connectivity index (χ1v) is 10.5. The number of methoxy groups -OCH3 is 1. The molecule has 0 aromatic heterocycles. The number of benzene rings is 1. The van der Waals surface area contributed by atoms with Crippen molar-refractivity contribution in [2.24, 2.45) is 11.3 Å². The summed E-state index contributed by atoms with van der Waals surface area (Å²) in [5.41, 5.74) is 0.416. The number of sulfone groups is 1. The molecule has 1 aromatic carbocycles. The number of hydrogen-bond acceptors (Lipinski definition) is 6. The van der Waals surface area contributed by atoms with E-state index in [0.717, 1.165) is 0 Å². The number of carbonyl (C=O) groups is 2. The average molecular weight is 381 g/mol. The molecule has 26 heavy (non-hydrogen) atoms. The molecule has 2 atom stereocenters. The van der Waals surface area contributed by atoms with Gasteiger partial charge in [-0.05, 0) is 24.1 Å². The molecule has 2 aliphatic heterocycles. The summed E-state index contributed by atoms with van der Waals surface area (Å²) in [6.45, 7) is 1.68. The quantitative estimate of drug-likeness (QED) is 0.720. The summed E-state index contributed by atoms with van der Waals surface area (Å²) < 4.78 is 33.2. The Bertz CT molecular complexity index is 803. The lowest BCUT2D eigenvalue weighted by Crippen LogP contribution is -2.45. The lowest BCUT2D eigenvalue weighted by molar-refractivity contribution is -0.161. The molecule has 2 fully saturated rings. The van der Waals surface area contributed by atoms with Gasteiger partial charge in [-0.2, -0.15) is 0 Å². The van der Waals surface area contributed by atoms with Crippen molar-refractivity contribution in [3.05, 3.63) is 35.4 Å². The number of hydrogen-bond donors (Lipinski definition) is 0. The van der Waals surface area contributed by atoms with Gasteiger partial charge in [0.05, 0.1) is 24.9 Å². The average Bonchev–Trinajstić information content (AvgIpc) is 3.00. The monoisotopic (exact) mass is 381 g/mol. The van der Waals surface area contributed by atoms with Gasteiger partial charge in [-0.15, -0.1) is 0 Å². The summed E-state index contributed by atoms with van der Waals surface area (Å²) in [6.07, 6.45) is 1.72. The molecule has 2 heterocycles. The molecule has 2 aliphatic rings. The second kappa shape index (κ2) is 7.00. The molecule has 1 amide bonds. The van der Waals surface area contributed by atoms with Gasteiger partial charge < -0.3 is 14.4 Å². The van der Waals surface area contributed by atoms with E-state index >= 15 is 0 Å². The second-order valence-corrected chi connectivity index (χ2v) is 9.26. The highest BCUT2D eigenvalue weighted by atomic mass is 32.2. The van der Waals surface area contributed by atoms with Crippen LogP contribution in [0.3, 0.4) is 0 Å². The fraction of sp³-hybridized carbons (Fsp3) is 0.556. The Kier molecular flexibility index (Phi) is 5.07. The number of ether oxygens (including phenoxy) is 2. The Morgan fingerprint density at radius 3 is 2.62 bits per heavy atom. The molecule has 0 unspecified atom stereocenters. The molecule has 0 radical (unpaired) electrons. The van der Waals surface area contributed by atoms with E-state index in [1.54, 1.807) is 29.2 Å². The van der Waals surface area contributed by atoms with E-state index in [2.05, 4.69) is 0 Å². The zero-order chi connectivity index (χ0) is 18.9. The molecule has 8 heteroatoms. The third-order valence-electron chi connectivity index (χ3n) is 5.22. The van der Waals surface area contributed by atoms with Crippen LogP contribution in [-0.4, -0.2) is 64.9 Å². The van der Waals surface area contributed by atoms with Crippen molar-refractivity contribution in [2.45, 2.75) is 12.2 Å². The first-order chi connectivity index (χ1) is 12.2. The number of rotatable bonds is 4. The van der Waals surface area contributed by atoms with Gasteiger partial charge in [-0.25, -0.2) is 8.42 Å². The molecule has 0 N–H and O–H groups in total. The highest BCUT2D eigenvalue weighted by molar-refractivity contribution is 7.89. The molecular formula is C18H23NO6S. The summed E-state index contributed by atoms with van der Waals surface area (Å²) in [5, 5.41) is 0. The minimum Gasteiger partial charge on any atom is -0.469 e. The van der Waals surface area contributed by atoms with E-state index in [1.165, 1.54) is 13.4 Å². The summed E-state index contributed by atoms with van der Waals surface area (Å²) in [4.78, 5) is 26.9. The van der Waals surface area contributed by atoms with Crippen LogP contribution < -0.4 is 0 Å². The standard InChI is InChI=1S/C18H23NO6S/c1-24-17(21)18-7-8-25-10-15(18)9-19(12-18)16(20)14-5-3-13(4-6-14)11-26(2,22)23/h3-6,15H,7-12H2,1-2H3/t15-,18+/m0/s1. The fourth-order valence-electron chi connectivity index (χ4n) is 3.87. The van der Waals surface area contributed by atoms with Crippen LogP contribution in [0, 0.1) is 11.3 Å². The van der Waals surface area contributed by atoms with Gasteiger partial charge in [-0.1, -0.05) is 12.1 Å². The first-order valence-electron chi connectivity index (χ1n) is 8.47. The Balaban J connectivity index is 1.77. The van der Waals surface area contributed by atoms with E-state index in [4.69, 9.17) is 9.47 Å². The van der Waals surface area contributed by atoms with Crippen molar-refractivity contribution in [1.29, 1.82) is 0 Å². The number of amides is 1.